The molecule has 0 saturated heterocycles. The largest absolute Gasteiger partial charge is 0.494 e. The van der Waals surface area contributed by atoms with Gasteiger partial charge in [-0.25, -0.2) is 4.68 Å². The third-order valence-corrected chi connectivity index (χ3v) is 4.02. The highest BCUT2D eigenvalue weighted by atomic mass is 35.5. The van der Waals surface area contributed by atoms with Gasteiger partial charge in [0.1, 0.15) is 11.4 Å². The lowest BCUT2D eigenvalue weighted by Crippen LogP contribution is -2.18. The van der Waals surface area contributed by atoms with Crippen LogP contribution in [0.4, 0.5) is 0 Å². The summed E-state index contributed by atoms with van der Waals surface area (Å²) in [5, 5.41) is 3.80. The second kappa shape index (κ2) is 6.34. The number of aryl methyl sites for hydroxylation is 1. The maximum atomic E-state index is 12.8. The molecule has 0 aliphatic heterocycles. The summed E-state index contributed by atoms with van der Waals surface area (Å²) in [5.41, 5.74) is 3.18. The zero-order valence-corrected chi connectivity index (χ0v) is 13.7. The van der Waals surface area contributed by atoms with Crippen LogP contribution in [0, 0.1) is 6.92 Å². The average Bonchev–Trinajstić information content (AvgIpc) is 2.83. The molecule has 0 amide bonds. The number of hydrogen-bond donors (Lipinski definition) is 1. The maximum absolute atomic E-state index is 12.8. The number of para-hydroxylation sites is 2. The summed E-state index contributed by atoms with van der Waals surface area (Å²) in [6, 6.07) is 15.0. The smallest absolute Gasteiger partial charge is 0.275 e. The van der Waals surface area contributed by atoms with Gasteiger partial charge in [0.05, 0.1) is 7.11 Å². The van der Waals surface area contributed by atoms with Gasteiger partial charge in [0.15, 0.2) is 0 Å². The van der Waals surface area contributed by atoms with Gasteiger partial charge in [0, 0.05) is 22.7 Å². The number of nitrogens with zero attached hydrogens (tertiary/aromatic N) is 1. The molecule has 1 aromatic heterocycles. The minimum absolute atomic E-state index is 0.0769. The first-order valence-corrected chi connectivity index (χ1v) is 7.66. The summed E-state index contributed by atoms with van der Waals surface area (Å²) < 4.78 is 6.86. The Kier molecular flexibility index (Phi) is 4.26. The molecule has 23 heavy (non-hydrogen) atoms. The zero-order chi connectivity index (χ0) is 16.4. The summed E-state index contributed by atoms with van der Waals surface area (Å²) >= 11 is 6.02. The van der Waals surface area contributed by atoms with E-state index in [0.717, 1.165) is 16.8 Å². The SMILES string of the molecule is COc1ccccc1-n1[nH]c(C)c(Cc2cccc(Cl)c2)c1=O. The predicted octanol–water partition coefficient (Wildman–Crippen LogP) is 3.73. The summed E-state index contributed by atoms with van der Waals surface area (Å²) in [4.78, 5) is 12.8. The molecule has 3 rings (SSSR count). The second-order valence-corrected chi connectivity index (χ2v) is 5.77. The number of aromatic nitrogens is 2. The number of rotatable bonds is 4. The standard InChI is InChI=1S/C18H17ClN2O2/c1-12-15(11-13-6-5-7-14(19)10-13)18(22)21(20-12)16-8-3-4-9-17(16)23-2/h3-10,20H,11H2,1-2H3. The van der Waals surface area contributed by atoms with Crippen molar-refractivity contribution in [1.82, 2.24) is 9.78 Å². The Morgan fingerprint density at radius 2 is 1.96 bits per heavy atom. The molecule has 118 valence electrons. The van der Waals surface area contributed by atoms with Crippen molar-refractivity contribution in [2.24, 2.45) is 0 Å². The maximum Gasteiger partial charge on any atom is 0.275 e. The van der Waals surface area contributed by atoms with Crippen LogP contribution < -0.4 is 10.3 Å². The number of nitrogens with one attached hydrogen (secondary N) is 1. The normalized spacial score (nSPS) is 10.7. The molecular weight excluding hydrogens is 312 g/mol. The highest BCUT2D eigenvalue weighted by Crippen LogP contribution is 2.21. The Labute approximate surface area is 139 Å². The fourth-order valence-electron chi connectivity index (χ4n) is 2.62. The predicted molar refractivity (Wildman–Crippen MR) is 91.9 cm³/mol. The van der Waals surface area contributed by atoms with Gasteiger partial charge in [0.25, 0.3) is 5.56 Å². The number of benzene rings is 2. The van der Waals surface area contributed by atoms with E-state index in [9.17, 15) is 4.79 Å². The molecule has 0 aliphatic carbocycles. The summed E-state index contributed by atoms with van der Waals surface area (Å²) in [5.74, 6) is 0.644. The molecule has 1 N–H and O–H groups in total. The van der Waals surface area contributed by atoms with E-state index in [1.165, 1.54) is 4.68 Å². The summed E-state index contributed by atoms with van der Waals surface area (Å²) in [7, 11) is 1.59. The van der Waals surface area contributed by atoms with Crippen LogP contribution in [0.15, 0.2) is 53.3 Å². The minimum atomic E-state index is -0.0769. The average molecular weight is 329 g/mol. The third-order valence-electron chi connectivity index (χ3n) is 3.79. The molecule has 1 heterocycles. The molecule has 4 nitrogen and oxygen atoms in total. The van der Waals surface area contributed by atoms with Gasteiger partial charge in [-0.2, -0.15) is 0 Å². The molecule has 0 unspecified atom stereocenters. The van der Waals surface area contributed by atoms with E-state index in [1.807, 2.05) is 55.5 Å². The van der Waals surface area contributed by atoms with Crippen molar-refractivity contribution in [3.63, 3.8) is 0 Å². The Morgan fingerprint density at radius 1 is 1.17 bits per heavy atom. The van der Waals surface area contributed by atoms with Crippen LogP contribution in [-0.2, 0) is 6.42 Å². The van der Waals surface area contributed by atoms with Crippen LogP contribution in [0.5, 0.6) is 5.75 Å². The lowest BCUT2D eigenvalue weighted by molar-refractivity contribution is 0.411. The number of hydrogen-bond acceptors (Lipinski definition) is 2. The third kappa shape index (κ3) is 3.03. The Bertz CT molecular complexity index is 896. The van der Waals surface area contributed by atoms with E-state index in [1.54, 1.807) is 7.11 Å². The number of halogens is 1. The van der Waals surface area contributed by atoms with Crippen LogP contribution in [0.3, 0.4) is 0 Å². The van der Waals surface area contributed by atoms with Gasteiger partial charge in [0.2, 0.25) is 0 Å². The molecule has 5 heteroatoms. The fraction of sp³-hybridized carbons (Fsp3) is 0.167. The van der Waals surface area contributed by atoms with Crippen molar-refractivity contribution in [3.05, 3.63) is 80.7 Å². The Hall–Kier alpha value is -2.46. The van der Waals surface area contributed by atoms with Crippen LogP contribution in [0.25, 0.3) is 5.69 Å². The fourth-order valence-corrected chi connectivity index (χ4v) is 2.84. The van der Waals surface area contributed by atoms with Gasteiger partial charge >= 0.3 is 0 Å². The topological polar surface area (TPSA) is 47.0 Å². The van der Waals surface area contributed by atoms with Gasteiger partial charge in [-0.05, 0) is 36.8 Å². The Balaban J connectivity index is 2.05. The molecule has 0 atom stereocenters. The molecule has 3 aromatic rings. The Morgan fingerprint density at radius 3 is 2.70 bits per heavy atom. The van der Waals surface area contributed by atoms with E-state index in [-0.39, 0.29) is 5.56 Å². The van der Waals surface area contributed by atoms with E-state index in [0.29, 0.717) is 22.9 Å². The van der Waals surface area contributed by atoms with Crippen molar-refractivity contribution >= 4 is 11.6 Å². The molecule has 0 spiro atoms. The van der Waals surface area contributed by atoms with Crippen LogP contribution in [-0.4, -0.2) is 16.9 Å². The van der Waals surface area contributed by atoms with Gasteiger partial charge in [-0.3, -0.25) is 9.89 Å². The molecule has 0 fully saturated rings. The van der Waals surface area contributed by atoms with E-state index < -0.39 is 0 Å². The number of methoxy groups -OCH3 is 1. The minimum Gasteiger partial charge on any atom is -0.494 e. The zero-order valence-electron chi connectivity index (χ0n) is 13.0. The van der Waals surface area contributed by atoms with Crippen molar-refractivity contribution in [3.8, 4) is 11.4 Å². The van der Waals surface area contributed by atoms with Crippen molar-refractivity contribution in [2.45, 2.75) is 13.3 Å². The molecule has 0 bridgehead atoms. The van der Waals surface area contributed by atoms with Crippen molar-refractivity contribution < 1.29 is 4.74 Å². The molecule has 0 aliphatic rings. The summed E-state index contributed by atoms with van der Waals surface area (Å²) in [6.07, 6.45) is 0.532. The molecule has 2 aromatic carbocycles. The highest BCUT2D eigenvalue weighted by Gasteiger charge is 2.15. The van der Waals surface area contributed by atoms with Gasteiger partial charge in [-0.1, -0.05) is 35.9 Å². The van der Waals surface area contributed by atoms with Crippen LogP contribution >= 0.6 is 11.6 Å². The van der Waals surface area contributed by atoms with Gasteiger partial charge in [-0.15, -0.1) is 0 Å². The van der Waals surface area contributed by atoms with E-state index in [4.69, 9.17) is 16.3 Å². The van der Waals surface area contributed by atoms with Gasteiger partial charge < -0.3 is 4.74 Å². The number of H-pyrrole nitrogens is 1. The highest BCUT2D eigenvalue weighted by molar-refractivity contribution is 6.30. The monoisotopic (exact) mass is 328 g/mol. The lowest BCUT2D eigenvalue weighted by Gasteiger charge is -2.07. The van der Waals surface area contributed by atoms with E-state index in [2.05, 4.69) is 5.10 Å². The molecule has 0 saturated carbocycles. The number of ether oxygens (including phenoxy) is 1. The quantitative estimate of drug-likeness (QED) is 0.793. The first-order chi connectivity index (χ1) is 11.1. The van der Waals surface area contributed by atoms with Crippen LogP contribution in [0.1, 0.15) is 16.8 Å². The first-order valence-electron chi connectivity index (χ1n) is 7.28. The first kappa shape index (κ1) is 15.4. The van der Waals surface area contributed by atoms with Crippen molar-refractivity contribution in [1.29, 1.82) is 0 Å². The molecular formula is C18H17ClN2O2. The van der Waals surface area contributed by atoms with Crippen molar-refractivity contribution in [2.75, 3.05) is 7.11 Å². The van der Waals surface area contributed by atoms with Crippen LogP contribution in [0.2, 0.25) is 5.02 Å². The lowest BCUT2D eigenvalue weighted by atomic mass is 10.1. The van der Waals surface area contributed by atoms with E-state index >= 15 is 0 Å². The molecule has 0 radical (unpaired) electrons. The summed E-state index contributed by atoms with van der Waals surface area (Å²) in [6.45, 7) is 1.90. The second-order valence-electron chi connectivity index (χ2n) is 5.33. The number of aromatic amines is 1.